The average Bonchev–Trinajstić information content (AvgIpc) is 3.14. The normalized spacial score (nSPS) is 11.4. The molecule has 0 saturated heterocycles. The van der Waals surface area contributed by atoms with Crippen LogP contribution in [0, 0.1) is 0 Å². The number of nitrogens with zero attached hydrogens (tertiary/aromatic N) is 1. The highest BCUT2D eigenvalue weighted by molar-refractivity contribution is 9.10. The molecule has 29 heavy (non-hydrogen) atoms. The second-order valence-electron chi connectivity index (χ2n) is 7.09. The molecule has 4 aromatic rings. The number of para-hydroxylation sites is 2. The number of carbonyl (C=O) groups is 1. The Labute approximate surface area is 176 Å². The van der Waals surface area contributed by atoms with E-state index in [1.807, 2.05) is 72.8 Å². The second kappa shape index (κ2) is 7.72. The highest BCUT2D eigenvalue weighted by Gasteiger charge is 2.30. The van der Waals surface area contributed by atoms with Crippen molar-refractivity contribution in [2.24, 2.45) is 0 Å². The maximum atomic E-state index is 12.8. The summed E-state index contributed by atoms with van der Waals surface area (Å²) in [6.45, 7) is 3.46. The van der Waals surface area contributed by atoms with Crippen molar-refractivity contribution in [3.63, 3.8) is 0 Å². The van der Waals surface area contributed by atoms with E-state index in [0.717, 1.165) is 21.1 Å². The predicted octanol–water partition coefficient (Wildman–Crippen LogP) is 6.05. The summed E-state index contributed by atoms with van der Waals surface area (Å²) in [5.74, 6) is 0.872. The molecule has 0 unspecified atom stereocenters. The number of rotatable bonds is 5. The Balaban J connectivity index is 1.52. The van der Waals surface area contributed by atoms with Crippen LogP contribution in [0.4, 0.5) is 5.69 Å². The van der Waals surface area contributed by atoms with Crippen molar-refractivity contribution >= 4 is 38.6 Å². The van der Waals surface area contributed by atoms with Crippen LogP contribution in [-0.4, -0.2) is 16.5 Å². The van der Waals surface area contributed by atoms with E-state index in [1.54, 1.807) is 13.8 Å². The van der Waals surface area contributed by atoms with Crippen LogP contribution in [0.3, 0.4) is 0 Å². The van der Waals surface area contributed by atoms with E-state index in [9.17, 15) is 4.79 Å². The second-order valence-corrected chi connectivity index (χ2v) is 8.00. The summed E-state index contributed by atoms with van der Waals surface area (Å²) in [6.07, 6.45) is 0. The van der Waals surface area contributed by atoms with Crippen LogP contribution in [0.15, 0.2) is 81.7 Å². The zero-order valence-corrected chi connectivity index (χ0v) is 17.6. The molecular weight excluding hydrogens is 432 g/mol. The summed E-state index contributed by atoms with van der Waals surface area (Å²) in [4.78, 5) is 17.3. The molecule has 146 valence electrons. The molecule has 0 aliphatic carbocycles. The van der Waals surface area contributed by atoms with Crippen LogP contribution in [-0.2, 0) is 4.79 Å². The molecule has 1 aromatic heterocycles. The molecule has 0 saturated carbocycles. The van der Waals surface area contributed by atoms with Gasteiger partial charge in [0.25, 0.3) is 5.91 Å². The van der Waals surface area contributed by atoms with Crippen molar-refractivity contribution in [2.45, 2.75) is 19.4 Å². The summed E-state index contributed by atoms with van der Waals surface area (Å²) >= 11 is 3.39. The molecule has 0 aliphatic rings. The Bertz CT molecular complexity index is 1130. The number of amides is 1. The molecule has 5 nitrogen and oxygen atoms in total. The first kappa shape index (κ1) is 19.2. The number of ether oxygens (including phenoxy) is 1. The molecule has 0 atom stereocenters. The molecule has 0 bridgehead atoms. The van der Waals surface area contributed by atoms with E-state index < -0.39 is 5.60 Å². The minimum absolute atomic E-state index is 0.255. The fourth-order valence-electron chi connectivity index (χ4n) is 2.85. The predicted molar refractivity (Wildman–Crippen MR) is 117 cm³/mol. The van der Waals surface area contributed by atoms with Gasteiger partial charge in [-0.2, -0.15) is 0 Å². The van der Waals surface area contributed by atoms with Gasteiger partial charge in [-0.15, -0.1) is 0 Å². The van der Waals surface area contributed by atoms with E-state index >= 15 is 0 Å². The van der Waals surface area contributed by atoms with Gasteiger partial charge < -0.3 is 14.5 Å². The largest absolute Gasteiger partial charge is 0.478 e. The Hall–Kier alpha value is -3.12. The third-order valence-electron chi connectivity index (χ3n) is 4.39. The van der Waals surface area contributed by atoms with E-state index in [0.29, 0.717) is 17.3 Å². The zero-order valence-electron chi connectivity index (χ0n) is 16.0. The average molecular weight is 451 g/mol. The molecule has 1 N–H and O–H groups in total. The van der Waals surface area contributed by atoms with Crippen molar-refractivity contribution in [2.75, 3.05) is 5.32 Å². The lowest BCUT2D eigenvalue weighted by molar-refractivity contribution is -0.128. The van der Waals surface area contributed by atoms with Crippen LogP contribution in [0.5, 0.6) is 5.75 Å². The molecule has 0 fully saturated rings. The molecule has 6 heteroatoms. The van der Waals surface area contributed by atoms with Gasteiger partial charge in [0.05, 0.1) is 0 Å². The van der Waals surface area contributed by atoms with Crippen molar-refractivity contribution < 1.29 is 13.9 Å². The highest BCUT2D eigenvalue weighted by atomic mass is 79.9. The van der Waals surface area contributed by atoms with E-state index in [1.165, 1.54) is 0 Å². The lowest BCUT2D eigenvalue weighted by Gasteiger charge is -2.25. The number of hydrogen-bond donors (Lipinski definition) is 1. The monoisotopic (exact) mass is 450 g/mol. The van der Waals surface area contributed by atoms with Gasteiger partial charge in [-0.05, 0) is 68.4 Å². The molecule has 4 rings (SSSR count). The summed E-state index contributed by atoms with van der Waals surface area (Å²) in [6, 6.07) is 22.3. The van der Waals surface area contributed by atoms with Gasteiger partial charge in [0.2, 0.25) is 5.89 Å². The summed E-state index contributed by atoms with van der Waals surface area (Å²) in [5, 5.41) is 2.92. The number of oxazole rings is 1. The van der Waals surface area contributed by atoms with Crippen LogP contribution in [0.25, 0.3) is 22.6 Å². The Morgan fingerprint density at radius 1 is 1.03 bits per heavy atom. The number of nitrogens with one attached hydrogen (secondary N) is 1. The molecular formula is C23H19BrN2O3. The Kier molecular flexibility index (Phi) is 5.11. The third-order valence-corrected chi connectivity index (χ3v) is 4.92. The quantitative estimate of drug-likeness (QED) is 0.401. The van der Waals surface area contributed by atoms with Crippen molar-refractivity contribution in [3.8, 4) is 17.2 Å². The van der Waals surface area contributed by atoms with E-state index in [2.05, 4.69) is 26.2 Å². The number of carbonyl (C=O) groups excluding carboxylic acids is 1. The lowest BCUT2D eigenvalue weighted by Crippen LogP contribution is -2.42. The first-order chi connectivity index (χ1) is 13.9. The smallest absolute Gasteiger partial charge is 0.267 e. The van der Waals surface area contributed by atoms with Gasteiger partial charge in [-0.1, -0.05) is 34.1 Å². The number of hydrogen-bond acceptors (Lipinski definition) is 4. The minimum atomic E-state index is -1.05. The van der Waals surface area contributed by atoms with Gasteiger partial charge in [-0.25, -0.2) is 4.98 Å². The highest BCUT2D eigenvalue weighted by Crippen LogP contribution is 2.27. The van der Waals surface area contributed by atoms with Crippen LogP contribution in [0.1, 0.15) is 13.8 Å². The molecule has 3 aromatic carbocycles. The lowest BCUT2D eigenvalue weighted by atomic mass is 10.1. The SMILES string of the molecule is CC(C)(Oc1ccc(Br)cc1)C(=O)Nc1cccc(-c2nc3ccccc3o2)c1. The third kappa shape index (κ3) is 4.32. The molecule has 0 spiro atoms. The topological polar surface area (TPSA) is 64.4 Å². The van der Waals surface area contributed by atoms with Gasteiger partial charge in [0.15, 0.2) is 11.2 Å². The Morgan fingerprint density at radius 3 is 2.55 bits per heavy atom. The van der Waals surface area contributed by atoms with E-state index in [4.69, 9.17) is 9.15 Å². The molecule has 0 aliphatic heterocycles. The van der Waals surface area contributed by atoms with Crippen molar-refractivity contribution in [1.82, 2.24) is 4.98 Å². The standard InChI is InChI=1S/C23H19BrN2O3/c1-23(2,29-18-12-10-16(24)11-13-18)22(27)25-17-7-5-6-15(14-17)21-26-19-8-3-4-9-20(19)28-21/h3-14H,1-2H3,(H,25,27). The number of halogens is 1. The Morgan fingerprint density at radius 2 is 1.79 bits per heavy atom. The van der Waals surface area contributed by atoms with Crippen LogP contribution in [0.2, 0.25) is 0 Å². The van der Waals surface area contributed by atoms with Gasteiger partial charge in [0, 0.05) is 15.7 Å². The summed E-state index contributed by atoms with van der Waals surface area (Å²) in [7, 11) is 0. The number of anilines is 1. The first-order valence-electron chi connectivity index (χ1n) is 9.13. The molecule has 1 amide bonds. The van der Waals surface area contributed by atoms with Gasteiger partial charge >= 0.3 is 0 Å². The molecule has 1 heterocycles. The maximum absolute atomic E-state index is 12.8. The van der Waals surface area contributed by atoms with E-state index in [-0.39, 0.29) is 5.91 Å². The summed E-state index contributed by atoms with van der Waals surface area (Å²) < 4.78 is 12.6. The fourth-order valence-corrected chi connectivity index (χ4v) is 3.12. The van der Waals surface area contributed by atoms with Gasteiger partial charge in [-0.3, -0.25) is 4.79 Å². The zero-order chi connectivity index (χ0) is 20.4. The van der Waals surface area contributed by atoms with Crippen molar-refractivity contribution in [1.29, 1.82) is 0 Å². The summed E-state index contributed by atoms with van der Waals surface area (Å²) in [5.41, 5.74) is 1.89. The van der Waals surface area contributed by atoms with Crippen LogP contribution < -0.4 is 10.1 Å². The fraction of sp³-hybridized carbons (Fsp3) is 0.130. The van der Waals surface area contributed by atoms with Crippen molar-refractivity contribution in [3.05, 3.63) is 77.3 Å². The number of fused-ring (bicyclic) bond motifs is 1. The van der Waals surface area contributed by atoms with Gasteiger partial charge in [0.1, 0.15) is 11.3 Å². The number of benzene rings is 3. The molecule has 0 radical (unpaired) electrons. The van der Waals surface area contributed by atoms with Crippen LogP contribution >= 0.6 is 15.9 Å². The first-order valence-corrected chi connectivity index (χ1v) is 9.92. The number of aromatic nitrogens is 1. The maximum Gasteiger partial charge on any atom is 0.267 e. The minimum Gasteiger partial charge on any atom is -0.478 e.